The molecule has 1 atom stereocenters. The van der Waals surface area contributed by atoms with E-state index in [-0.39, 0.29) is 10.0 Å². The Kier molecular flexibility index (Phi) is 5.49. The fourth-order valence-electron chi connectivity index (χ4n) is 2.32. The molecule has 112 valence electrons. The third kappa shape index (κ3) is 4.12. The normalized spacial score (nSPS) is 12.5. The Labute approximate surface area is 135 Å². The highest BCUT2D eigenvalue weighted by Gasteiger charge is 2.16. The summed E-state index contributed by atoms with van der Waals surface area (Å²) in [4.78, 5) is 0. The number of halogens is 3. The van der Waals surface area contributed by atoms with E-state index in [1.807, 2.05) is 18.2 Å². The molecule has 4 heteroatoms. The van der Waals surface area contributed by atoms with Gasteiger partial charge >= 0.3 is 0 Å². The van der Waals surface area contributed by atoms with Crippen LogP contribution < -0.4 is 5.32 Å². The van der Waals surface area contributed by atoms with Crippen LogP contribution in [0, 0.1) is 11.7 Å². The predicted octanol–water partition coefficient (Wildman–Crippen LogP) is 5.98. The van der Waals surface area contributed by atoms with Crippen molar-refractivity contribution in [1.82, 2.24) is 0 Å². The highest BCUT2D eigenvalue weighted by atomic mass is 35.5. The third-order valence-corrected chi connectivity index (χ3v) is 4.09. The lowest BCUT2D eigenvalue weighted by Gasteiger charge is -2.22. The van der Waals surface area contributed by atoms with E-state index in [9.17, 15) is 4.39 Å². The van der Waals surface area contributed by atoms with Crippen LogP contribution in [0.1, 0.15) is 25.3 Å². The number of hydrogen-bond acceptors (Lipinski definition) is 1. The van der Waals surface area contributed by atoms with Gasteiger partial charge in [0.15, 0.2) is 5.82 Å². The molecule has 0 fully saturated rings. The lowest BCUT2D eigenvalue weighted by molar-refractivity contribution is 0.517. The van der Waals surface area contributed by atoms with Gasteiger partial charge < -0.3 is 5.32 Å². The molecule has 21 heavy (non-hydrogen) atoms. The smallest absolute Gasteiger partial charge is 0.160 e. The molecule has 0 bridgehead atoms. The summed E-state index contributed by atoms with van der Waals surface area (Å²) < 4.78 is 13.4. The minimum atomic E-state index is -0.577. The Morgan fingerprint density at radius 3 is 2.14 bits per heavy atom. The van der Waals surface area contributed by atoms with Gasteiger partial charge in [-0.15, -0.1) is 0 Å². The van der Waals surface area contributed by atoms with E-state index >= 15 is 0 Å². The fraction of sp³-hybridized carbons (Fsp3) is 0.294. The van der Waals surface area contributed by atoms with Crippen LogP contribution in [0.5, 0.6) is 0 Å². The van der Waals surface area contributed by atoms with Gasteiger partial charge in [0, 0.05) is 18.2 Å². The molecule has 0 aliphatic rings. The highest BCUT2D eigenvalue weighted by molar-refractivity contribution is 6.35. The largest absolute Gasteiger partial charge is 0.384 e. The van der Waals surface area contributed by atoms with Gasteiger partial charge in [-0.3, -0.25) is 0 Å². The lowest BCUT2D eigenvalue weighted by Crippen LogP contribution is -2.17. The van der Waals surface area contributed by atoms with Crippen molar-refractivity contribution in [2.45, 2.75) is 19.8 Å². The number of benzene rings is 2. The van der Waals surface area contributed by atoms with Crippen molar-refractivity contribution in [2.75, 3.05) is 11.9 Å². The quantitative estimate of drug-likeness (QED) is 0.666. The summed E-state index contributed by atoms with van der Waals surface area (Å²) in [5, 5.41) is 3.36. The maximum absolute atomic E-state index is 13.4. The zero-order valence-electron chi connectivity index (χ0n) is 12.0. The molecule has 1 nitrogen and oxygen atoms in total. The van der Waals surface area contributed by atoms with E-state index in [1.165, 1.54) is 5.56 Å². The molecule has 0 aliphatic carbocycles. The molecule has 0 saturated heterocycles. The Bertz CT molecular complexity index is 576. The highest BCUT2D eigenvalue weighted by Crippen LogP contribution is 2.29. The first-order chi connectivity index (χ1) is 9.99. The summed E-state index contributed by atoms with van der Waals surface area (Å²) in [6.45, 7) is 5.11. The minimum Gasteiger partial charge on any atom is -0.384 e. The van der Waals surface area contributed by atoms with Crippen LogP contribution in [-0.4, -0.2) is 6.54 Å². The second-order valence-electron chi connectivity index (χ2n) is 5.40. The summed E-state index contributed by atoms with van der Waals surface area (Å²) in [5.41, 5.74) is 2.01. The van der Waals surface area contributed by atoms with E-state index in [2.05, 4.69) is 31.3 Å². The van der Waals surface area contributed by atoms with E-state index in [1.54, 1.807) is 12.1 Å². The first-order valence-electron chi connectivity index (χ1n) is 6.92. The maximum Gasteiger partial charge on any atom is 0.160 e. The van der Waals surface area contributed by atoms with Crippen molar-refractivity contribution >= 4 is 28.9 Å². The standard InChI is InChI=1S/C17H18Cl2FN/c1-11(2)14(12-6-4-3-5-7-12)10-21-13-8-15(18)17(20)16(19)9-13/h3-9,11,14,21H,10H2,1-2H3. The van der Waals surface area contributed by atoms with Crippen LogP contribution in [-0.2, 0) is 0 Å². The average Bonchev–Trinajstić information content (AvgIpc) is 2.45. The van der Waals surface area contributed by atoms with Gasteiger partial charge in [-0.25, -0.2) is 4.39 Å². The van der Waals surface area contributed by atoms with E-state index in [0.29, 0.717) is 11.8 Å². The van der Waals surface area contributed by atoms with Crippen LogP contribution in [0.2, 0.25) is 10.0 Å². The van der Waals surface area contributed by atoms with Crippen molar-refractivity contribution < 1.29 is 4.39 Å². The molecule has 0 aromatic heterocycles. The van der Waals surface area contributed by atoms with E-state index in [4.69, 9.17) is 23.2 Å². The molecule has 2 aromatic carbocycles. The lowest BCUT2D eigenvalue weighted by atomic mass is 9.88. The maximum atomic E-state index is 13.4. The van der Waals surface area contributed by atoms with Crippen LogP contribution in [0.4, 0.5) is 10.1 Å². The molecular weight excluding hydrogens is 308 g/mol. The molecule has 0 amide bonds. The number of rotatable bonds is 5. The van der Waals surface area contributed by atoms with Gasteiger partial charge in [-0.1, -0.05) is 67.4 Å². The molecule has 1 unspecified atom stereocenters. The molecule has 2 aromatic rings. The van der Waals surface area contributed by atoms with Crippen molar-refractivity contribution in [2.24, 2.45) is 5.92 Å². The minimum absolute atomic E-state index is 0.0332. The summed E-state index contributed by atoms with van der Waals surface area (Å²) in [6.07, 6.45) is 0. The Morgan fingerprint density at radius 1 is 1.05 bits per heavy atom. The van der Waals surface area contributed by atoms with Crippen molar-refractivity contribution in [3.05, 3.63) is 63.9 Å². The Hall–Kier alpha value is -1.25. The van der Waals surface area contributed by atoms with Crippen molar-refractivity contribution in [3.8, 4) is 0 Å². The molecule has 0 spiro atoms. The molecule has 0 saturated carbocycles. The summed E-state index contributed by atoms with van der Waals surface area (Å²) >= 11 is 11.6. The van der Waals surface area contributed by atoms with Gasteiger partial charge in [0.25, 0.3) is 0 Å². The van der Waals surface area contributed by atoms with Crippen molar-refractivity contribution in [1.29, 1.82) is 0 Å². The zero-order chi connectivity index (χ0) is 15.4. The molecule has 0 radical (unpaired) electrons. The van der Waals surface area contributed by atoms with Gasteiger partial charge in [0.2, 0.25) is 0 Å². The summed E-state index contributed by atoms with van der Waals surface area (Å²) in [6, 6.07) is 13.4. The van der Waals surface area contributed by atoms with Gasteiger partial charge in [-0.05, 0) is 23.6 Å². The van der Waals surface area contributed by atoms with Gasteiger partial charge in [-0.2, -0.15) is 0 Å². The summed E-state index contributed by atoms with van der Waals surface area (Å²) in [7, 11) is 0. The van der Waals surface area contributed by atoms with Crippen LogP contribution in [0.25, 0.3) is 0 Å². The molecule has 0 heterocycles. The first kappa shape index (κ1) is 16.1. The van der Waals surface area contributed by atoms with E-state index in [0.717, 1.165) is 12.2 Å². The molecule has 1 N–H and O–H groups in total. The molecular formula is C17H18Cl2FN. The van der Waals surface area contributed by atoms with Crippen LogP contribution in [0.3, 0.4) is 0 Å². The topological polar surface area (TPSA) is 12.0 Å². The summed E-state index contributed by atoms with van der Waals surface area (Å²) in [5.74, 6) is 0.257. The van der Waals surface area contributed by atoms with Crippen LogP contribution >= 0.6 is 23.2 Å². The Balaban J connectivity index is 2.13. The predicted molar refractivity (Wildman–Crippen MR) is 88.9 cm³/mol. The zero-order valence-corrected chi connectivity index (χ0v) is 13.5. The monoisotopic (exact) mass is 325 g/mol. The number of nitrogens with one attached hydrogen (secondary N) is 1. The number of anilines is 1. The van der Waals surface area contributed by atoms with E-state index < -0.39 is 5.82 Å². The second kappa shape index (κ2) is 7.15. The first-order valence-corrected chi connectivity index (χ1v) is 7.68. The van der Waals surface area contributed by atoms with Gasteiger partial charge in [0.1, 0.15) is 0 Å². The number of hydrogen-bond donors (Lipinski definition) is 1. The third-order valence-electron chi connectivity index (χ3n) is 3.54. The second-order valence-corrected chi connectivity index (χ2v) is 6.21. The Morgan fingerprint density at radius 2 is 1.62 bits per heavy atom. The SMILES string of the molecule is CC(C)C(CNc1cc(Cl)c(F)c(Cl)c1)c1ccccc1. The fourth-order valence-corrected chi connectivity index (χ4v) is 2.81. The molecule has 0 aliphatic heterocycles. The average molecular weight is 326 g/mol. The van der Waals surface area contributed by atoms with Crippen molar-refractivity contribution in [3.63, 3.8) is 0 Å². The molecule has 2 rings (SSSR count). The van der Waals surface area contributed by atoms with Gasteiger partial charge in [0.05, 0.1) is 10.0 Å². The van der Waals surface area contributed by atoms with Crippen LogP contribution in [0.15, 0.2) is 42.5 Å².